The SMILES string of the molecule is O=C(Nc1cc(N2CCC(F)(F)CC2)c2ncccc2c1)c1ccc(S(=O)(=O)NCCO)cc1N1CCC2(CC1)CC2. The van der Waals surface area contributed by atoms with Crippen molar-refractivity contribution in [1.82, 2.24) is 9.71 Å². The summed E-state index contributed by atoms with van der Waals surface area (Å²) in [4.78, 5) is 22.3. The smallest absolute Gasteiger partial charge is 0.257 e. The Kier molecular flexibility index (Phi) is 7.57. The number of nitrogens with zero attached hydrogens (tertiary/aromatic N) is 3. The molecule has 224 valence electrons. The van der Waals surface area contributed by atoms with E-state index < -0.39 is 21.9 Å². The van der Waals surface area contributed by atoms with Crippen LogP contribution in [-0.4, -0.2) is 69.7 Å². The van der Waals surface area contributed by atoms with Crippen molar-refractivity contribution in [3.05, 3.63) is 54.2 Å². The minimum Gasteiger partial charge on any atom is -0.395 e. The van der Waals surface area contributed by atoms with Crippen molar-refractivity contribution >= 4 is 43.9 Å². The van der Waals surface area contributed by atoms with Crippen LogP contribution in [0.5, 0.6) is 0 Å². The zero-order valence-corrected chi connectivity index (χ0v) is 24.1. The van der Waals surface area contributed by atoms with E-state index >= 15 is 0 Å². The number of benzene rings is 2. The largest absolute Gasteiger partial charge is 0.395 e. The van der Waals surface area contributed by atoms with Crippen LogP contribution in [0.3, 0.4) is 0 Å². The highest BCUT2D eigenvalue weighted by atomic mass is 32.2. The normalized spacial score (nSPS) is 19.7. The minimum atomic E-state index is -3.88. The summed E-state index contributed by atoms with van der Waals surface area (Å²) in [5, 5.41) is 12.9. The van der Waals surface area contributed by atoms with Crippen LogP contribution in [0.25, 0.3) is 10.9 Å². The van der Waals surface area contributed by atoms with Crippen LogP contribution >= 0.6 is 0 Å². The standard InChI is InChI=1S/C30H35F2N5O4S/c31-30(32)9-15-37(16-10-30)26-19-22(18-21-2-1-11-33-27(21)26)35-28(39)24-4-3-23(42(40,41)34-12-17-38)20-25(24)36-13-7-29(5-6-29)8-14-36/h1-4,11,18-20,34,38H,5-10,12-17H2,(H,35,39). The highest BCUT2D eigenvalue weighted by Crippen LogP contribution is 2.54. The molecule has 2 aliphatic heterocycles. The lowest BCUT2D eigenvalue weighted by atomic mass is 9.93. The van der Waals surface area contributed by atoms with Crippen LogP contribution in [0.1, 0.15) is 48.9 Å². The predicted octanol–water partition coefficient (Wildman–Crippen LogP) is 4.37. The van der Waals surface area contributed by atoms with E-state index in [1.807, 2.05) is 11.0 Å². The van der Waals surface area contributed by atoms with E-state index in [0.717, 1.165) is 31.3 Å². The third kappa shape index (κ3) is 5.93. The molecular weight excluding hydrogens is 564 g/mol. The summed E-state index contributed by atoms with van der Waals surface area (Å²) >= 11 is 0. The summed E-state index contributed by atoms with van der Waals surface area (Å²) in [6.45, 7) is 1.36. The van der Waals surface area contributed by atoms with Crippen molar-refractivity contribution in [3.8, 4) is 0 Å². The van der Waals surface area contributed by atoms with Gasteiger partial charge >= 0.3 is 0 Å². The van der Waals surface area contributed by atoms with E-state index in [0.29, 0.717) is 33.6 Å². The molecule has 2 aromatic carbocycles. The number of pyridine rings is 1. The fraction of sp³-hybridized carbons (Fsp3) is 0.467. The first-order chi connectivity index (χ1) is 20.1. The number of carbonyl (C=O) groups excluding carboxylic acids is 1. The van der Waals surface area contributed by atoms with Crippen LogP contribution in [0, 0.1) is 5.41 Å². The lowest BCUT2D eigenvalue weighted by Gasteiger charge is -2.35. The number of carbonyl (C=O) groups is 1. The molecule has 42 heavy (non-hydrogen) atoms. The van der Waals surface area contributed by atoms with Crippen molar-refractivity contribution in [2.75, 3.05) is 54.4 Å². The first-order valence-electron chi connectivity index (χ1n) is 14.4. The Bertz CT molecular complexity index is 1590. The Balaban J connectivity index is 1.32. The van der Waals surface area contributed by atoms with E-state index in [-0.39, 0.29) is 44.0 Å². The van der Waals surface area contributed by atoms with E-state index in [4.69, 9.17) is 5.11 Å². The van der Waals surface area contributed by atoms with Crippen LogP contribution in [0.2, 0.25) is 0 Å². The Morgan fingerprint density at radius 1 is 0.929 bits per heavy atom. The van der Waals surface area contributed by atoms with Gasteiger partial charge in [-0.15, -0.1) is 0 Å². The first kappa shape index (κ1) is 28.8. The van der Waals surface area contributed by atoms with Crippen LogP contribution in [0.15, 0.2) is 53.6 Å². The number of aromatic nitrogens is 1. The lowest BCUT2D eigenvalue weighted by molar-refractivity contribution is -0.0220. The molecule has 0 bridgehead atoms. The number of alkyl halides is 2. The number of hydrogen-bond acceptors (Lipinski definition) is 7. The molecule has 1 aromatic heterocycles. The topological polar surface area (TPSA) is 115 Å². The maximum Gasteiger partial charge on any atom is 0.257 e. The minimum absolute atomic E-state index is 0.0233. The number of hydrogen-bond donors (Lipinski definition) is 3. The van der Waals surface area contributed by atoms with Gasteiger partial charge in [-0.2, -0.15) is 0 Å². The second-order valence-electron chi connectivity index (χ2n) is 11.7. The van der Waals surface area contributed by atoms with Crippen molar-refractivity contribution in [1.29, 1.82) is 0 Å². The summed E-state index contributed by atoms with van der Waals surface area (Å²) in [6, 6.07) is 11.7. The number of aliphatic hydroxyl groups is 1. The van der Waals surface area contributed by atoms with Gasteiger partial charge in [-0.3, -0.25) is 9.78 Å². The zero-order chi connectivity index (χ0) is 29.5. The molecule has 3 fully saturated rings. The van der Waals surface area contributed by atoms with Crippen molar-refractivity contribution in [2.24, 2.45) is 5.41 Å². The molecule has 3 heterocycles. The molecule has 9 nitrogen and oxygen atoms in total. The average molecular weight is 600 g/mol. The average Bonchev–Trinajstić information content (AvgIpc) is 3.74. The van der Waals surface area contributed by atoms with Crippen LogP contribution < -0.4 is 19.8 Å². The first-order valence-corrected chi connectivity index (χ1v) is 15.9. The van der Waals surface area contributed by atoms with Crippen molar-refractivity contribution in [2.45, 2.75) is 49.3 Å². The summed E-state index contributed by atoms with van der Waals surface area (Å²) in [7, 11) is -3.88. The van der Waals surface area contributed by atoms with E-state index in [2.05, 4.69) is 19.9 Å². The Morgan fingerprint density at radius 2 is 1.62 bits per heavy atom. The molecule has 0 unspecified atom stereocenters. The van der Waals surface area contributed by atoms with Gasteiger partial charge in [0.05, 0.1) is 34.0 Å². The number of piperidine rings is 2. The second kappa shape index (κ2) is 11.1. The van der Waals surface area contributed by atoms with Gasteiger partial charge in [-0.25, -0.2) is 21.9 Å². The Morgan fingerprint density at radius 3 is 2.31 bits per heavy atom. The van der Waals surface area contributed by atoms with Crippen LogP contribution in [0.4, 0.5) is 25.8 Å². The Labute approximate surface area is 244 Å². The van der Waals surface area contributed by atoms with Crippen LogP contribution in [-0.2, 0) is 10.0 Å². The summed E-state index contributed by atoms with van der Waals surface area (Å²) in [5.41, 5.74) is 3.12. The fourth-order valence-corrected chi connectivity index (χ4v) is 7.09. The Hall–Kier alpha value is -3.35. The number of nitrogens with one attached hydrogen (secondary N) is 2. The highest BCUT2D eigenvalue weighted by Gasteiger charge is 2.44. The molecule has 3 N–H and O–H groups in total. The number of anilines is 3. The summed E-state index contributed by atoms with van der Waals surface area (Å²) < 4.78 is 55.9. The van der Waals surface area contributed by atoms with Gasteiger partial charge in [-0.1, -0.05) is 6.07 Å². The van der Waals surface area contributed by atoms with Gasteiger partial charge < -0.3 is 20.2 Å². The lowest BCUT2D eigenvalue weighted by Crippen LogP contribution is -2.39. The highest BCUT2D eigenvalue weighted by molar-refractivity contribution is 7.89. The molecule has 1 aliphatic carbocycles. The molecule has 1 spiro atoms. The number of sulfonamides is 1. The number of halogens is 2. The molecule has 6 rings (SSSR count). The van der Waals surface area contributed by atoms with Gasteiger partial charge in [0.2, 0.25) is 10.0 Å². The van der Waals surface area contributed by atoms with Gasteiger partial charge in [-0.05, 0) is 67.5 Å². The van der Waals surface area contributed by atoms with E-state index in [9.17, 15) is 22.0 Å². The van der Waals surface area contributed by atoms with E-state index in [1.165, 1.54) is 31.0 Å². The van der Waals surface area contributed by atoms with Crippen molar-refractivity contribution < 1.29 is 27.1 Å². The number of amides is 1. The number of aliphatic hydroxyl groups excluding tert-OH is 1. The molecule has 0 radical (unpaired) electrons. The monoisotopic (exact) mass is 599 g/mol. The molecule has 0 atom stereocenters. The van der Waals surface area contributed by atoms with Gasteiger partial charge in [0.25, 0.3) is 11.8 Å². The molecular formula is C30H35F2N5O4S. The summed E-state index contributed by atoms with van der Waals surface area (Å²) in [6.07, 6.45) is 5.56. The van der Waals surface area contributed by atoms with E-state index in [1.54, 1.807) is 24.4 Å². The molecule has 1 saturated carbocycles. The van der Waals surface area contributed by atoms with Gasteiger partial charge in [0, 0.05) is 62.8 Å². The number of fused-ring (bicyclic) bond motifs is 1. The van der Waals surface area contributed by atoms with Gasteiger partial charge in [0.15, 0.2) is 0 Å². The zero-order valence-electron chi connectivity index (χ0n) is 23.3. The predicted molar refractivity (Wildman–Crippen MR) is 158 cm³/mol. The summed E-state index contributed by atoms with van der Waals surface area (Å²) in [5.74, 6) is -3.09. The van der Waals surface area contributed by atoms with Crippen molar-refractivity contribution in [3.63, 3.8) is 0 Å². The third-order valence-electron chi connectivity index (χ3n) is 8.83. The number of rotatable bonds is 8. The fourth-order valence-electron chi connectivity index (χ4n) is 6.05. The third-order valence-corrected chi connectivity index (χ3v) is 10.3. The molecule has 12 heteroatoms. The maximum atomic E-state index is 13.9. The van der Waals surface area contributed by atoms with Gasteiger partial charge in [0.1, 0.15) is 0 Å². The maximum absolute atomic E-state index is 13.9. The molecule has 1 amide bonds. The molecule has 2 saturated heterocycles. The molecule has 3 aromatic rings. The second-order valence-corrected chi connectivity index (χ2v) is 13.4. The quantitative estimate of drug-likeness (QED) is 0.352. The molecule has 3 aliphatic rings.